The summed E-state index contributed by atoms with van der Waals surface area (Å²) in [5.41, 5.74) is 2.39. The fourth-order valence-electron chi connectivity index (χ4n) is 3.23. The van der Waals surface area contributed by atoms with Gasteiger partial charge in [-0.15, -0.1) is 11.3 Å². The van der Waals surface area contributed by atoms with E-state index < -0.39 is 0 Å². The van der Waals surface area contributed by atoms with Crippen LogP contribution in [0.1, 0.15) is 39.0 Å². The molecule has 3 heterocycles. The molecule has 0 radical (unpaired) electrons. The zero-order chi connectivity index (χ0) is 17.2. The molecule has 0 saturated carbocycles. The van der Waals surface area contributed by atoms with Crippen LogP contribution >= 0.6 is 11.3 Å². The average Bonchev–Trinajstić information content (AvgIpc) is 3.22. The number of rotatable bonds is 4. The number of fused-ring (bicyclic) bond motifs is 1. The van der Waals surface area contributed by atoms with Crippen LogP contribution in [0.5, 0.6) is 0 Å². The number of nitrogens with one attached hydrogen (secondary N) is 1. The molecule has 0 fully saturated rings. The Labute approximate surface area is 150 Å². The maximum absolute atomic E-state index is 12.7. The van der Waals surface area contributed by atoms with Gasteiger partial charge in [-0.05, 0) is 48.4 Å². The van der Waals surface area contributed by atoms with Gasteiger partial charge in [0, 0.05) is 23.3 Å². The van der Waals surface area contributed by atoms with Crippen LogP contribution in [0.25, 0.3) is 0 Å². The number of hydrogen-bond donors (Lipinski definition) is 1. The van der Waals surface area contributed by atoms with Crippen molar-refractivity contribution in [3.05, 3.63) is 63.7 Å². The molecule has 1 unspecified atom stereocenters. The number of nitrogens with zero attached hydrogens (tertiary/aromatic N) is 3. The molecule has 6 heteroatoms. The summed E-state index contributed by atoms with van der Waals surface area (Å²) in [5.74, 6) is 1.35. The quantitative estimate of drug-likeness (QED) is 0.778. The van der Waals surface area contributed by atoms with Crippen molar-refractivity contribution in [1.29, 1.82) is 0 Å². The summed E-state index contributed by atoms with van der Waals surface area (Å²) >= 11 is 1.63. The van der Waals surface area contributed by atoms with Gasteiger partial charge in [0.1, 0.15) is 5.82 Å². The van der Waals surface area contributed by atoms with Crippen molar-refractivity contribution in [1.82, 2.24) is 14.8 Å². The van der Waals surface area contributed by atoms with E-state index in [-0.39, 0.29) is 5.91 Å². The first-order chi connectivity index (χ1) is 12.2. The molecule has 1 aliphatic rings. The molecule has 5 nitrogen and oxygen atoms in total. The molecule has 25 heavy (non-hydrogen) atoms. The maximum Gasteiger partial charge on any atom is 0.266 e. The van der Waals surface area contributed by atoms with Crippen molar-refractivity contribution in [2.45, 2.75) is 32.7 Å². The minimum atomic E-state index is -0.0556. The lowest BCUT2D eigenvalue weighted by Crippen LogP contribution is -2.15. The zero-order valence-electron chi connectivity index (χ0n) is 14.1. The normalized spacial score (nSPS) is 16.4. The highest BCUT2D eigenvalue weighted by molar-refractivity contribution is 7.14. The van der Waals surface area contributed by atoms with Crippen molar-refractivity contribution in [3.63, 3.8) is 0 Å². The van der Waals surface area contributed by atoms with Crippen LogP contribution in [0.3, 0.4) is 0 Å². The van der Waals surface area contributed by atoms with Gasteiger partial charge in [0.25, 0.3) is 5.91 Å². The molecule has 4 rings (SSSR count). The lowest BCUT2D eigenvalue weighted by atomic mass is 9.90. The van der Waals surface area contributed by atoms with Gasteiger partial charge < -0.3 is 5.32 Å². The van der Waals surface area contributed by atoms with Gasteiger partial charge in [-0.25, -0.2) is 4.68 Å². The van der Waals surface area contributed by atoms with Crippen LogP contribution in [-0.4, -0.2) is 20.7 Å². The SMILES string of the molecule is CC1CCc2sc(C(=O)Nc3ccnn3Cc3cccnc3)cc2C1. The summed E-state index contributed by atoms with van der Waals surface area (Å²) in [5, 5.41) is 7.31. The van der Waals surface area contributed by atoms with Crippen LogP contribution < -0.4 is 5.32 Å². The third-order valence-electron chi connectivity index (χ3n) is 4.57. The van der Waals surface area contributed by atoms with E-state index in [1.165, 1.54) is 16.9 Å². The molecule has 1 aliphatic carbocycles. The number of thiophene rings is 1. The van der Waals surface area contributed by atoms with E-state index in [2.05, 4.69) is 28.4 Å². The van der Waals surface area contributed by atoms with Gasteiger partial charge >= 0.3 is 0 Å². The molecule has 3 aromatic rings. The summed E-state index contributed by atoms with van der Waals surface area (Å²) in [6.07, 6.45) is 8.64. The standard InChI is InChI=1S/C19H20N4OS/c1-13-4-5-16-15(9-13)10-17(25-16)19(24)22-18-6-8-21-23(18)12-14-3-2-7-20-11-14/h2-3,6-8,10-11,13H,4-5,9,12H2,1H3,(H,22,24). The first-order valence-electron chi connectivity index (χ1n) is 8.52. The molecule has 0 aromatic carbocycles. The highest BCUT2D eigenvalue weighted by Gasteiger charge is 2.21. The monoisotopic (exact) mass is 352 g/mol. The predicted octanol–water partition coefficient (Wildman–Crippen LogP) is 3.77. The summed E-state index contributed by atoms with van der Waals surface area (Å²) in [4.78, 5) is 18.9. The lowest BCUT2D eigenvalue weighted by Gasteiger charge is -2.16. The largest absolute Gasteiger partial charge is 0.306 e. The molecular weight excluding hydrogens is 332 g/mol. The minimum absolute atomic E-state index is 0.0556. The number of hydrogen-bond acceptors (Lipinski definition) is 4. The Morgan fingerprint density at radius 1 is 1.40 bits per heavy atom. The fraction of sp³-hybridized carbons (Fsp3) is 0.316. The van der Waals surface area contributed by atoms with E-state index in [0.29, 0.717) is 18.3 Å². The van der Waals surface area contributed by atoms with Crippen molar-refractivity contribution in [3.8, 4) is 0 Å². The summed E-state index contributed by atoms with van der Waals surface area (Å²) in [6, 6.07) is 7.78. The van der Waals surface area contributed by atoms with Crippen LogP contribution in [0.2, 0.25) is 0 Å². The number of aromatic nitrogens is 3. The number of carbonyl (C=O) groups excluding carboxylic acids is 1. The third-order valence-corrected chi connectivity index (χ3v) is 5.80. The maximum atomic E-state index is 12.7. The second kappa shape index (κ2) is 6.80. The second-order valence-corrected chi connectivity index (χ2v) is 7.73. The highest BCUT2D eigenvalue weighted by atomic mass is 32.1. The van der Waals surface area contributed by atoms with Crippen molar-refractivity contribution in [2.75, 3.05) is 5.32 Å². The van der Waals surface area contributed by atoms with Crippen molar-refractivity contribution in [2.24, 2.45) is 5.92 Å². The Morgan fingerprint density at radius 3 is 3.16 bits per heavy atom. The Balaban J connectivity index is 1.49. The molecule has 1 N–H and O–H groups in total. The first-order valence-corrected chi connectivity index (χ1v) is 9.34. The molecule has 3 aromatic heterocycles. The Kier molecular flexibility index (Phi) is 4.36. The lowest BCUT2D eigenvalue weighted by molar-refractivity contribution is 0.102. The molecular formula is C19H20N4OS. The van der Waals surface area contributed by atoms with Gasteiger partial charge in [0.2, 0.25) is 0 Å². The Hall–Kier alpha value is -2.47. The molecule has 0 spiro atoms. The van der Waals surface area contributed by atoms with Gasteiger partial charge in [0.05, 0.1) is 17.6 Å². The van der Waals surface area contributed by atoms with Crippen LogP contribution in [0.4, 0.5) is 5.82 Å². The molecule has 1 atom stereocenters. The zero-order valence-corrected chi connectivity index (χ0v) is 14.9. The molecule has 0 aliphatic heterocycles. The van der Waals surface area contributed by atoms with E-state index in [4.69, 9.17) is 0 Å². The smallest absolute Gasteiger partial charge is 0.266 e. The number of carbonyl (C=O) groups is 1. The van der Waals surface area contributed by atoms with E-state index in [1.807, 2.05) is 24.4 Å². The third kappa shape index (κ3) is 3.49. The number of anilines is 1. The van der Waals surface area contributed by atoms with Gasteiger partial charge in [-0.2, -0.15) is 5.10 Å². The van der Waals surface area contributed by atoms with Gasteiger partial charge in [-0.3, -0.25) is 9.78 Å². The van der Waals surface area contributed by atoms with Crippen LogP contribution in [-0.2, 0) is 19.4 Å². The summed E-state index contributed by atoms with van der Waals surface area (Å²) in [6.45, 7) is 2.85. The van der Waals surface area contributed by atoms with E-state index >= 15 is 0 Å². The summed E-state index contributed by atoms with van der Waals surface area (Å²) in [7, 11) is 0. The minimum Gasteiger partial charge on any atom is -0.306 e. The van der Waals surface area contributed by atoms with Gasteiger partial charge in [-0.1, -0.05) is 13.0 Å². The van der Waals surface area contributed by atoms with Crippen molar-refractivity contribution < 1.29 is 4.79 Å². The number of amides is 1. The van der Waals surface area contributed by atoms with Gasteiger partial charge in [0.15, 0.2) is 0 Å². The Morgan fingerprint density at radius 2 is 2.32 bits per heavy atom. The molecule has 0 saturated heterocycles. The molecule has 1 amide bonds. The molecule has 0 bridgehead atoms. The second-order valence-electron chi connectivity index (χ2n) is 6.60. The average molecular weight is 352 g/mol. The summed E-state index contributed by atoms with van der Waals surface area (Å²) < 4.78 is 1.78. The van der Waals surface area contributed by atoms with Crippen LogP contribution in [0.15, 0.2) is 42.9 Å². The number of pyridine rings is 1. The fourth-order valence-corrected chi connectivity index (χ4v) is 4.33. The van der Waals surface area contributed by atoms with E-state index in [1.54, 1.807) is 28.4 Å². The van der Waals surface area contributed by atoms with Crippen LogP contribution in [0, 0.1) is 5.92 Å². The Bertz CT molecular complexity index is 884. The predicted molar refractivity (Wildman–Crippen MR) is 99.0 cm³/mol. The first kappa shape index (κ1) is 16.0. The highest BCUT2D eigenvalue weighted by Crippen LogP contribution is 2.32. The van der Waals surface area contributed by atoms with Crippen molar-refractivity contribution >= 4 is 23.1 Å². The van der Waals surface area contributed by atoms with E-state index in [9.17, 15) is 4.79 Å². The molecule has 128 valence electrons. The number of aryl methyl sites for hydroxylation is 1. The topological polar surface area (TPSA) is 59.8 Å². The van der Waals surface area contributed by atoms with E-state index in [0.717, 1.165) is 23.3 Å².